The molecule has 2 rings (SSSR count). The van der Waals surface area contributed by atoms with Crippen LogP contribution in [0.1, 0.15) is 16.2 Å². The maximum Gasteiger partial charge on any atom is 0.248 e. The molecule has 0 radical (unpaired) electrons. The summed E-state index contributed by atoms with van der Waals surface area (Å²) in [7, 11) is 1.46. The summed E-state index contributed by atoms with van der Waals surface area (Å²) in [6, 6.07) is 6.59. The lowest BCUT2D eigenvalue weighted by Gasteiger charge is -2.09. The third-order valence-electron chi connectivity index (χ3n) is 2.56. The standard InChI is InChI=1S/C12H11N7O2/c1-21-10-4-7(11(14)20)2-3-9(10)15-6-8(5-13)12-16-18-19-17-12/h2-4,6,15H,1H3,(H2,14,20)(H,16,17,18,19). The van der Waals surface area contributed by atoms with Gasteiger partial charge < -0.3 is 15.8 Å². The number of aromatic nitrogens is 4. The summed E-state index contributed by atoms with van der Waals surface area (Å²) in [6.45, 7) is 0. The van der Waals surface area contributed by atoms with E-state index in [2.05, 4.69) is 25.9 Å². The molecule has 0 aliphatic carbocycles. The van der Waals surface area contributed by atoms with E-state index in [0.29, 0.717) is 17.0 Å². The lowest BCUT2D eigenvalue weighted by molar-refractivity contribution is 0.1000. The molecule has 0 aliphatic heterocycles. The van der Waals surface area contributed by atoms with Crippen LogP contribution in [0, 0.1) is 11.3 Å². The zero-order chi connectivity index (χ0) is 15.2. The summed E-state index contributed by atoms with van der Waals surface area (Å²) in [6.07, 6.45) is 1.41. The molecule has 1 aromatic carbocycles. The highest BCUT2D eigenvalue weighted by Crippen LogP contribution is 2.26. The third kappa shape index (κ3) is 3.13. The number of allylic oxidation sites excluding steroid dienone is 1. The first kappa shape index (κ1) is 14.0. The number of benzene rings is 1. The first-order valence-electron chi connectivity index (χ1n) is 5.74. The molecule has 2 aromatic rings. The van der Waals surface area contributed by atoms with Crippen molar-refractivity contribution >= 4 is 17.2 Å². The minimum atomic E-state index is -0.556. The normalized spacial score (nSPS) is 10.8. The van der Waals surface area contributed by atoms with Crippen molar-refractivity contribution < 1.29 is 9.53 Å². The van der Waals surface area contributed by atoms with E-state index in [1.165, 1.54) is 19.4 Å². The van der Waals surface area contributed by atoms with Gasteiger partial charge in [-0.25, -0.2) is 0 Å². The molecule has 1 amide bonds. The number of amides is 1. The SMILES string of the molecule is COc1cc(C(N)=O)ccc1NC=C(C#N)c1nn[nH]n1. The summed E-state index contributed by atoms with van der Waals surface area (Å²) in [5.74, 6) is 0.0191. The van der Waals surface area contributed by atoms with Gasteiger partial charge in [-0.2, -0.15) is 10.5 Å². The predicted molar refractivity (Wildman–Crippen MR) is 72.9 cm³/mol. The Morgan fingerprint density at radius 2 is 2.38 bits per heavy atom. The highest BCUT2D eigenvalue weighted by molar-refractivity contribution is 5.94. The number of hydrogen-bond donors (Lipinski definition) is 3. The number of rotatable bonds is 5. The van der Waals surface area contributed by atoms with Gasteiger partial charge in [-0.15, -0.1) is 10.2 Å². The Morgan fingerprint density at radius 3 is 2.95 bits per heavy atom. The second-order valence-electron chi connectivity index (χ2n) is 3.83. The number of nitrogens with zero attached hydrogens (tertiary/aromatic N) is 4. The fraction of sp³-hybridized carbons (Fsp3) is 0.0833. The van der Waals surface area contributed by atoms with Gasteiger partial charge in [0.15, 0.2) is 0 Å². The number of anilines is 1. The minimum Gasteiger partial charge on any atom is -0.495 e. The molecular weight excluding hydrogens is 274 g/mol. The number of ether oxygens (including phenoxy) is 1. The molecule has 1 heterocycles. The van der Waals surface area contributed by atoms with Gasteiger partial charge in [0.25, 0.3) is 0 Å². The second-order valence-corrected chi connectivity index (χ2v) is 3.83. The lowest BCUT2D eigenvalue weighted by Crippen LogP contribution is -2.11. The maximum atomic E-state index is 11.1. The van der Waals surface area contributed by atoms with Crippen LogP contribution in [0.15, 0.2) is 24.4 Å². The quantitative estimate of drug-likeness (QED) is 0.669. The highest BCUT2D eigenvalue weighted by atomic mass is 16.5. The molecule has 4 N–H and O–H groups in total. The van der Waals surface area contributed by atoms with Crippen molar-refractivity contribution in [1.82, 2.24) is 20.6 Å². The van der Waals surface area contributed by atoms with Crippen molar-refractivity contribution in [2.45, 2.75) is 0 Å². The van der Waals surface area contributed by atoms with Crippen molar-refractivity contribution in [2.24, 2.45) is 5.73 Å². The van der Waals surface area contributed by atoms with Crippen molar-refractivity contribution in [2.75, 3.05) is 12.4 Å². The molecule has 9 nitrogen and oxygen atoms in total. The van der Waals surface area contributed by atoms with Gasteiger partial charge in [-0.1, -0.05) is 0 Å². The number of nitrogens with two attached hydrogens (primary N) is 1. The number of methoxy groups -OCH3 is 1. The van der Waals surface area contributed by atoms with Gasteiger partial charge in [0, 0.05) is 11.8 Å². The molecule has 21 heavy (non-hydrogen) atoms. The van der Waals surface area contributed by atoms with Crippen LogP contribution in [-0.2, 0) is 0 Å². The van der Waals surface area contributed by atoms with Gasteiger partial charge in [0.1, 0.15) is 17.4 Å². The molecule has 0 atom stereocenters. The van der Waals surface area contributed by atoms with E-state index >= 15 is 0 Å². The Labute approximate surface area is 119 Å². The number of carbonyl (C=O) groups excluding carboxylic acids is 1. The van der Waals surface area contributed by atoms with Gasteiger partial charge in [-0.05, 0) is 23.4 Å². The summed E-state index contributed by atoms with van der Waals surface area (Å²) in [4.78, 5) is 11.1. The molecule has 0 fully saturated rings. The number of tetrazole rings is 1. The zero-order valence-electron chi connectivity index (χ0n) is 11.0. The third-order valence-corrected chi connectivity index (χ3v) is 2.56. The number of primary amides is 1. The lowest BCUT2D eigenvalue weighted by atomic mass is 10.2. The second kappa shape index (κ2) is 6.16. The topological polar surface area (TPSA) is 143 Å². The Morgan fingerprint density at radius 1 is 1.57 bits per heavy atom. The number of carbonyl (C=O) groups is 1. The van der Waals surface area contributed by atoms with Crippen molar-refractivity contribution in [3.05, 3.63) is 35.8 Å². The van der Waals surface area contributed by atoms with E-state index in [1.807, 2.05) is 6.07 Å². The van der Waals surface area contributed by atoms with E-state index in [-0.39, 0.29) is 11.4 Å². The minimum absolute atomic E-state index is 0.165. The smallest absolute Gasteiger partial charge is 0.248 e. The number of aromatic amines is 1. The average molecular weight is 285 g/mol. The Hall–Kier alpha value is -3.41. The Kier molecular flexibility index (Phi) is 4.11. The molecule has 0 saturated heterocycles. The highest BCUT2D eigenvalue weighted by Gasteiger charge is 2.09. The van der Waals surface area contributed by atoms with Gasteiger partial charge in [0.05, 0.1) is 12.8 Å². The fourth-order valence-corrected chi connectivity index (χ4v) is 1.54. The van der Waals surface area contributed by atoms with Gasteiger partial charge in [0.2, 0.25) is 11.7 Å². The van der Waals surface area contributed by atoms with Crippen molar-refractivity contribution in [1.29, 1.82) is 5.26 Å². The molecule has 0 spiro atoms. The maximum absolute atomic E-state index is 11.1. The molecule has 1 aromatic heterocycles. The molecular formula is C12H11N7O2. The molecule has 106 valence electrons. The van der Waals surface area contributed by atoms with Crippen LogP contribution in [0.5, 0.6) is 5.75 Å². The van der Waals surface area contributed by atoms with Crippen LogP contribution in [0.3, 0.4) is 0 Å². The van der Waals surface area contributed by atoms with Crippen LogP contribution in [0.4, 0.5) is 5.69 Å². The van der Waals surface area contributed by atoms with Crippen molar-refractivity contribution in [3.8, 4) is 11.8 Å². The predicted octanol–water partition coefficient (Wildman–Crippen LogP) is 0.284. The molecule has 0 bridgehead atoms. The van der Waals surface area contributed by atoms with Crippen LogP contribution < -0.4 is 15.8 Å². The molecule has 9 heteroatoms. The Balaban J connectivity index is 2.27. The first-order valence-corrected chi connectivity index (χ1v) is 5.74. The van der Waals surface area contributed by atoms with E-state index in [0.717, 1.165) is 0 Å². The summed E-state index contributed by atoms with van der Waals surface area (Å²) < 4.78 is 5.16. The number of H-pyrrole nitrogens is 1. The van der Waals surface area contributed by atoms with Crippen LogP contribution in [0.2, 0.25) is 0 Å². The zero-order valence-corrected chi connectivity index (χ0v) is 11.0. The summed E-state index contributed by atoms with van der Waals surface area (Å²) in [5.41, 5.74) is 6.26. The van der Waals surface area contributed by atoms with Crippen molar-refractivity contribution in [3.63, 3.8) is 0 Å². The monoisotopic (exact) mass is 285 g/mol. The van der Waals surface area contributed by atoms with E-state index in [9.17, 15) is 4.79 Å². The first-order chi connectivity index (χ1) is 10.2. The number of nitrogens with one attached hydrogen (secondary N) is 2. The Bertz CT molecular complexity index is 716. The largest absolute Gasteiger partial charge is 0.495 e. The number of nitriles is 1. The van der Waals surface area contributed by atoms with Crippen LogP contribution in [0.25, 0.3) is 5.57 Å². The number of hydrogen-bond acceptors (Lipinski definition) is 7. The van der Waals surface area contributed by atoms with Crippen LogP contribution in [-0.4, -0.2) is 33.6 Å². The summed E-state index contributed by atoms with van der Waals surface area (Å²) >= 11 is 0. The molecule has 0 unspecified atom stereocenters. The molecule has 0 saturated carbocycles. The molecule has 0 aliphatic rings. The fourth-order valence-electron chi connectivity index (χ4n) is 1.54. The van der Waals surface area contributed by atoms with Gasteiger partial charge >= 0.3 is 0 Å². The van der Waals surface area contributed by atoms with Gasteiger partial charge in [-0.3, -0.25) is 4.79 Å². The van der Waals surface area contributed by atoms with Crippen LogP contribution >= 0.6 is 0 Å². The summed E-state index contributed by atoms with van der Waals surface area (Å²) in [5, 5.41) is 25.0. The van der Waals surface area contributed by atoms with E-state index in [1.54, 1.807) is 12.1 Å². The van der Waals surface area contributed by atoms with E-state index in [4.69, 9.17) is 15.7 Å². The van der Waals surface area contributed by atoms with E-state index < -0.39 is 5.91 Å². The average Bonchev–Trinajstić information content (AvgIpc) is 3.02.